The van der Waals surface area contributed by atoms with Crippen LogP contribution in [-0.4, -0.2) is 22.6 Å². The lowest BCUT2D eigenvalue weighted by atomic mass is 9.87. The van der Waals surface area contributed by atoms with E-state index in [1.165, 1.54) is 0 Å². The van der Waals surface area contributed by atoms with Gasteiger partial charge in [0.1, 0.15) is 0 Å². The quantitative estimate of drug-likeness (QED) is 0.608. The summed E-state index contributed by atoms with van der Waals surface area (Å²) in [7, 11) is 0. The van der Waals surface area contributed by atoms with Crippen LogP contribution in [-0.2, 0) is 9.59 Å². The van der Waals surface area contributed by atoms with E-state index in [0.29, 0.717) is 18.0 Å². The van der Waals surface area contributed by atoms with Gasteiger partial charge in [-0.25, -0.2) is 0 Å². The van der Waals surface area contributed by atoms with Crippen molar-refractivity contribution in [2.45, 2.75) is 31.0 Å². The second kappa shape index (κ2) is 5.86. The van der Waals surface area contributed by atoms with Crippen LogP contribution in [0.15, 0.2) is 24.3 Å². The fourth-order valence-electron chi connectivity index (χ4n) is 2.41. The Morgan fingerprint density at radius 1 is 1.35 bits per heavy atom. The molecular weight excluding hydrogens is 342 g/mol. The van der Waals surface area contributed by atoms with Crippen molar-refractivity contribution in [3.05, 3.63) is 29.3 Å². The lowest BCUT2D eigenvalue weighted by Gasteiger charge is -2.33. The van der Waals surface area contributed by atoms with Crippen LogP contribution in [0.1, 0.15) is 26.7 Å². The van der Waals surface area contributed by atoms with Gasteiger partial charge in [-0.15, -0.1) is 0 Å². The molecule has 0 aliphatic carbocycles. The Balaban J connectivity index is 2.23. The predicted octanol–water partition coefficient (Wildman–Crippen LogP) is 3.83. The van der Waals surface area contributed by atoms with Gasteiger partial charge in [0.25, 0.3) is 0 Å². The van der Waals surface area contributed by atoms with Crippen molar-refractivity contribution in [1.82, 2.24) is 0 Å². The van der Waals surface area contributed by atoms with E-state index in [1.54, 1.807) is 30.9 Å². The summed E-state index contributed by atoms with van der Waals surface area (Å²) in [5.74, 6) is -0.730. The third-order valence-corrected chi connectivity index (χ3v) is 4.12. The van der Waals surface area contributed by atoms with Crippen molar-refractivity contribution < 1.29 is 9.59 Å². The summed E-state index contributed by atoms with van der Waals surface area (Å²) < 4.78 is -0.670. The van der Waals surface area contributed by atoms with Crippen molar-refractivity contribution >= 4 is 44.9 Å². The monoisotopic (exact) mass is 357 g/mol. The molecule has 0 spiro atoms. The van der Waals surface area contributed by atoms with Crippen LogP contribution < -0.4 is 4.90 Å². The first-order valence-electron chi connectivity index (χ1n) is 6.61. The van der Waals surface area contributed by atoms with Gasteiger partial charge in [-0.3, -0.25) is 9.59 Å². The van der Waals surface area contributed by atoms with Crippen LogP contribution in [0.4, 0.5) is 5.69 Å². The average Bonchev–Trinajstić information content (AvgIpc) is 2.38. The van der Waals surface area contributed by atoms with E-state index in [1.807, 2.05) is 12.1 Å². The van der Waals surface area contributed by atoms with Crippen molar-refractivity contribution in [3.8, 4) is 0 Å². The van der Waals surface area contributed by atoms with Crippen LogP contribution in [0.5, 0.6) is 0 Å². The number of halogens is 2. The number of benzene rings is 1. The van der Waals surface area contributed by atoms with Crippen LogP contribution in [0, 0.1) is 5.92 Å². The molecule has 0 radical (unpaired) electrons. The number of nitrogens with zero attached hydrogens (tertiary/aromatic N) is 1. The molecular formula is C15H17BrClNO2. The molecule has 0 unspecified atom stereocenters. The van der Waals surface area contributed by atoms with Crippen molar-refractivity contribution in [2.24, 2.45) is 5.92 Å². The van der Waals surface area contributed by atoms with Crippen LogP contribution in [0.3, 0.4) is 0 Å². The van der Waals surface area contributed by atoms with E-state index in [0.717, 1.165) is 12.1 Å². The second-order valence-electron chi connectivity index (χ2n) is 5.50. The maximum Gasteiger partial charge on any atom is 0.237 e. The molecule has 1 heterocycles. The first-order chi connectivity index (χ1) is 9.30. The number of hydrogen-bond acceptors (Lipinski definition) is 2. The number of Topliss-reactive ketones (excluding diaryl/α,β-unsaturated/α-hetero) is 1. The Morgan fingerprint density at radius 3 is 2.50 bits per heavy atom. The zero-order valence-electron chi connectivity index (χ0n) is 11.5. The first-order valence-corrected chi connectivity index (χ1v) is 7.78. The van der Waals surface area contributed by atoms with E-state index in [-0.39, 0.29) is 11.7 Å². The van der Waals surface area contributed by atoms with Gasteiger partial charge in [-0.1, -0.05) is 27.5 Å². The molecule has 5 heteroatoms. The van der Waals surface area contributed by atoms with Gasteiger partial charge >= 0.3 is 0 Å². The number of ketones is 1. The summed E-state index contributed by atoms with van der Waals surface area (Å²) in [5, 5.41) is 0.632. The van der Waals surface area contributed by atoms with Gasteiger partial charge < -0.3 is 4.90 Å². The average molecular weight is 359 g/mol. The van der Waals surface area contributed by atoms with Gasteiger partial charge in [0.05, 0.1) is 10.2 Å². The number of hydrogen-bond donors (Lipinski definition) is 0. The minimum absolute atomic E-state index is 0.0545. The SMILES string of the molecule is CC(C)(Br)C(=O)[C@H]1CCCN(c2ccc(Cl)cc2)C1=O. The zero-order valence-corrected chi connectivity index (χ0v) is 13.9. The van der Waals surface area contributed by atoms with Crippen LogP contribution in [0.25, 0.3) is 0 Å². The lowest BCUT2D eigenvalue weighted by molar-refractivity contribution is -0.134. The van der Waals surface area contributed by atoms with Crippen molar-refractivity contribution in [3.63, 3.8) is 0 Å². The molecule has 20 heavy (non-hydrogen) atoms. The number of piperidine rings is 1. The Morgan fingerprint density at radius 2 is 1.95 bits per heavy atom. The van der Waals surface area contributed by atoms with E-state index in [2.05, 4.69) is 15.9 Å². The molecule has 108 valence electrons. The lowest BCUT2D eigenvalue weighted by Crippen LogP contribution is -2.47. The first kappa shape index (κ1) is 15.5. The van der Waals surface area contributed by atoms with Gasteiger partial charge in [0, 0.05) is 17.3 Å². The summed E-state index contributed by atoms with van der Waals surface area (Å²) in [5.41, 5.74) is 0.796. The zero-order chi connectivity index (χ0) is 14.9. The number of anilines is 1. The topological polar surface area (TPSA) is 37.4 Å². The molecule has 0 saturated carbocycles. The minimum atomic E-state index is -0.670. The summed E-state index contributed by atoms with van der Waals surface area (Å²) in [6.45, 7) is 4.21. The smallest absolute Gasteiger partial charge is 0.237 e. The Hall–Kier alpha value is -0.870. The highest BCUT2D eigenvalue weighted by Crippen LogP contribution is 2.31. The number of carbonyl (C=O) groups excluding carboxylic acids is 2. The van der Waals surface area contributed by atoms with Gasteiger partial charge in [-0.2, -0.15) is 0 Å². The minimum Gasteiger partial charge on any atom is -0.312 e. The predicted molar refractivity (Wildman–Crippen MR) is 84.5 cm³/mol. The maximum atomic E-state index is 12.6. The third-order valence-electron chi connectivity index (χ3n) is 3.48. The summed E-state index contributed by atoms with van der Waals surface area (Å²) in [4.78, 5) is 26.6. The highest BCUT2D eigenvalue weighted by Gasteiger charge is 2.40. The third kappa shape index (κ3) is 3.23. The number of alkyl halides is 1. The molecule has 1 fully saturated rings. The molecule has 0 bridgehead atoms. The molecule has 1 atom stereocenters. The molecule has 1 saturated heterocycles. The van der Waals surface area contributed by atoms with Crippen molar-refractivity contribution in [2.75, 3.05) is 11.4 Å². The fraction of sp³-hybridized carbons (Fsp3) is 0.467. The molecule has 1 amide bonds. The van der Waals surface area contributed by atoms with Gasteiger partial charge in [0.15, 0.2) is 5.78 Å². The number of carbonyl (C=O) groups is 2. The molecule has 1 aliphatic rings. The van der Waals surface area contributed by atoms with Crippen molar-refractivity contribution in [1.29, 1.82) is 0 Å². The largest absolute Gasteiger partial charge is 0.312 e. The molecule has 1 aromatic carbocycles. The van der Waals surface area contributed by atoms with Crippen LogP contribution >= 0.6 is 27.5 Å². The second-order valence-corrected chi connectivity index (χ2v) is 7.92. The van der Waals surface area contributed by atoms with E-state index in [9.17, 15) is 9.59 Å². The highest BCUT2D eigenvalue weighted by molar-refractivity contribution is 9.10. The fourth-order valence-corrected chi connectivity index (χ4v) is 2.81. The van der Waals surface area contributed by atoms with Gasteiger partial charge in [-0.05, 0) is 51.0 Å². The number of amides is 1. The standard InChI is InChI=1S/C15H17BrClNO2/c1-15(2,16)13(19)12-4-3-9-18(14(12)20)11-7-5-10(17)6-8-11/h5-8,12H,3-4,9H2,1-2H3/t12-/m1/s1. The van der Waals surface area contributed by atoms with E-state index >= 15 is 0 Å². The Labute approximate surface area is 132 Å². The highest BCUT2D eigenvalue weighted by atomic mass is 79.9. The molecule has 0 aromatic heterocycles. The van der Waals surface area contributed by atoms with Crippen LogP contribution in [0.2, 0.25) is 5.02 Å². The summed E-state index contributed by atoms with van der Waals surface area (Å²) in [6, 6.07) is 7.13. The van der Waals surface area contributed by atoms with Gasteiger partial charge in [0.2, 0.25) is 5.91 Å². The molecule has 2 rings (SSSR count). The molecule has 3 nitrogen and oxygen atoms in total. The normalized spacial score (nSPS) is 20.1. The van der Waals surface area contributed by atoms with E-state index in [4.69, 9.17) is 11.6 Å². The number of rotatable bonds is 3. The molecule has 0 N–H and O–H groups in total. The maximum absolute atomic E-state index is 12.6. The Kier molecular flexibility index (Phi) is 4.55. The van der Waals surface area contributed by atoms with E-state index < -0.39 is 10.2 Å². The molecule has 1 aliphatic heterocycles. The Bertz CT molecular complexity index is 522. The summed E-state index contributed by atoms with van der Waals surface area (Å²) in [6.07, 6.45) is 1.45. The summed E-state index contributed by atoms with van der Waals surface area (Å²) >= 11 is 9.22. The molecule has 1 aromatic rings.